The average molecular weight is 395 g/mol. The summed E-state index contributed by atoms with van der Waals surface area (Å²) in [4.78, 5) is 0.279. The molecule has 0 saturated heterocycles. The molecule has 0 fully saturated rings. The summed E-state index contributed by atoms with van der Waals surface area (Å²) >= 11 is 0. The van der Waals surface area contributed by atoms with Crippen molar-refractivity contribution in [1.82, 2.24) is 9.78 Å². The number of sulfone groups is 1. The van der Waals surface area contributed by atoms with Gasteiger partial charge in [0.15, 0.2) is 9.84 Å². The van der Waals surface area contributed by atoms with Crippen molar-refractivity contribution in [3.05, 3.63) is 87.8 Å². The molecule has 2 aromatic carbocycles. The van der Waals surface area contributed by atoms with E-state index in [9.17, 15) is 12.8 Å². The van der Waals surface area contributed by atoms with Gasteiger partial charge in [0.25, 0.3) is 0 Å². The third-order valence-electron chi connectivity index (χ3n) is 5.40. The molecule has 2 aliphatic heterocycles. The number of anilines is 1. The predicted octanol–water partition coefficient (Wildman–Crippen LogP) is 3.91. The minimum Gasteiger partial charge on any atom is -0.342 e. The number of nitrogens with one attached hydrogen (secondary N) is 1. The van der Waals surface area contributed by atoms with Gasteiger partial charge < -0.3 is 5.32 Å². The molecular formula is C21H18FN3O2S. The number of benzene rings is 2. The first-order valence-electron chi connectivity index (χ1n) is 9.09. The van der Waals surface area contributed by atoms with Crippen LogP contribution in [0.3, 0.4) is 0 Å². The van der Waals surface area contributed by atoms with Crippen LogP contribution in [-0.4, -0.2) is 24.0 Å². The van der Waals surface area contributed by atoms with Crippen LogP contribution in [0.4, 0.5) is 10.2 Å². The fourth-order valence-corrected chi connectivity index (χ4v) is 6.00. The van der Waals surface area contributed by atoms with E-state index in [1.165, 1.54) is 6.07 Å². The monoisotopic (exact) mass is 395 g/mol. The Labute approximate surface area is 162 Å². The van der Waals surface area contributed by atoms with E-state index >= 15 is 0 Å². The largest absolute Gasteiger partial charge is 0.342 e. The molecule has 0 bridgehead atoms. The lowest BCUT2D eigenvalue weighted by molar-refractivity contribution is 0.595. The fourth-order valence-electron chi connectivity index (χ4n) is 4.18. The number of fused-ring (bicyclic) bond motifs is 1. The Morgan fingerprint density at radius 1 is 1.11 bits per heavy atom. The molecule has 5 rings (SSSR count). The molecule has 1 unspecified atom stereocenters. The maximum atomic E-state index is 14.8. The van der Waals surface area contributed by atoms with Crippen LogP contribution in [0.15, 0.2) is 65.2 Å². The number of allylic oxidation sites excluding steroid dienone is 2. The van der Waals surface area contributed by atoms with Gasteiger partial charge in [0, 0.05) is 23.2 Å². The summed E-state index contributed by atoms with van der Waals surface area (Å²) in [5.41, 5.74) is 3.24. The Balaban J connectivity index is 1.81. The molecule has 0 spiro atoms. The first-order chi connectivity index (χ1) is 13.5. The van der Waals surface area contributed by atoms with Crippen molar-refractivity contribution in [3.63, 3.8) is 0 Å². The van der Waals surface area contributed by atoms with Gasteiger partial charge in [0.1, 0.15) is 11.6 Å². The number of hydrogen-bond acceptors (Lipinski definition) is 4. The van der Waals surface area contributed by atoms with E-state index in [1.54, 1.807) is 22.9 Å². The first-order valence-corrected chi connectivity index (χ1v) is 10.7. The van der Waals surface area contributed by atoms with E-state index in [-0.39, 0.29) is 10.7 Å². The van der Waals surface area contributed by atoms with Crippen molar-refractivity contribution in [2.24, 2.45) is 0 Å². The fraction of sp³-hybridized carbons (Fsp3) is 0.190. The molecule has 1 N–H and O–H groups in total. The first kappa shape index (κ1) is 17.2. The van der Waals surface area contributed by atoms with E-state index in [0.717, 1.165) is 5.69 Å². The van der Waals surface area contributed by atoms with E-state index in [2.05, 4.69) is 10.4 Å². The normalized spacial score (nSPS) is 19.9. The quantitative estimate of drug-likeness (QED) is 0.715. The minimum atomic E-state index is -3.46. The molecule has 0 aliphatic carbocycles. The van der Waals surface area contributed by atoms with Gasteiger partial charge in [-0.05, 0) is 25.1 Å². The average Bonchev–Trinajstić information content (AvgIpc) is 3.18. The third-order valence-corrected chi connectivity index (χ3v) is 7.29. The Kier molecular flexibility index (Phi) is 3.71. The summed E-state index contributed by atoms with van der Waals surface area (Å²) in [5, 5.41) is 7.95. The van der Waals surface area contributed by atoms with Gasteiger partial charge in [0.2, 0.25) is 0 Å². The molecule has 1 atom stereocenters. The molecule has 3 aromatic rings. The second-order valence-electron chi connectivity index (χ2n) is 7.09. The number of hydrogen-bond donors (Lipinski definition) is 1. The van der Waals surface area contributed by atoms with E-state index in [4.69, 9.17) is 0 Å². The van der Waals surface area contributed by atoms with Crippen LogP contribution < -0.4 is 5.32 Å². The summed E-state index contributed by atoms with van der Waals surface area (Å²) in [5.74, 6) is -0.371. The van der Waals surface area contributed by atoms with Gasteiger partial charge in [-0.25, -0.2) is 17.5 Å². The predicted molar refractivity (Wildman–Crippen MR) is 106 cm³/mol. The van der Waals surface area contributed by atoms with Crippen LogP contribution >= 0.6 is 0 Å². The molecule has 5 nitrogen and oxygen atoms in total. The summed E-state index contributed by atoms with van der Waals surface area (Å²) in [6, 6.07) is 16.0. The lowest BCUT2D eigenvalue weighted by atomic mass is 9.87. The van der Waals surface area contributed by atoms with Crippen LogP contribution in [0, 0.1) is 12.7 Å². The summed E-state index contributed by atoms with van der Waals surface area (Å²) in [6.07, 6.45) is 0.390. The molecule has 7 heteroatoms. The Hall–Kier alpha value is -2.93. The van der Waals surface area contributed by atoms with Gasteiger partial charge in [-0.3, -0.25) is 0 Å². The van der Waals surface area contributed by atoms with Gasteiger partial charge in [-0.15, -0.1) is 0 Å². The minimum absolute atomic E-state index is 0.0394. The molecule has 0 radical (unpaired) electrons. The van der Waals surface area contributed by atoms with Gasteiger partial charge in [-0.1, -0.05) is 36.4 Å². The molecule has 0 amide bonds. The van der Waals surface area contributed by atoms with Crippen molar-refractivity contribution < 1.29 is 12.8 Å². The van der Waals surface area contributed by atoms with Gasteiger partial charge in [0.05, 0.1) is 28.0 Å². The number of para-hydroxylation sites is 1. The van der Waals surface area contributed by atoms with Gasteiger partial charge >= 0.3 is 0 Å². The van der Waals surface area contributed by atoms with E-state index < -0.39 is 21.6 Å². The number of aromatic nitrogens is 2. The van der Waals surface area contributed by atoms with Crippen molar-refractivity contribution in [2.75, 3.05) is 11.1 Å². The summed E-state index contributed by atoms with van der Waals surface area (Å²) < 4.78 is 42.2. The highest BCUT2D eigenvalue weighted by Gasteiger charge is 2.44. The zero-order chi connectivity index (χ0) is 19.5. The molecule has 0 saturated carbocycles. The highest BCUT2D eigenvalue weighted by molar-refractivity contribution is 7.95. The molecule has 3 heterocycles. The number of aryl methyl sites for hydroxylation is 1. The number of nitrogens with zero attached hydrogens (tertiary/aromatic N) is 2. The number of halogens is 1. The standard InChI is InChI=1S/C21H18FN3O2S/c1-13-18-19(15-9-5-6-10-16(15)22)20-17(11-12-28(20,26)27)23-21(18)25(24-13)14-7-3-2-4-8-14/h2-10,19,23H,11-12H2,1H3. The third kappa shape index (κ3) is 2.43. The highest BCUT2D eigenvalue weighted by atomic mass is 32.2. The zero-order valence-electron chi connectivity index (χ0n) is 15.2. The van der Waals surface area contributed by atoms with Crippen molar-refractivity contribution in [1.29, 1.82) is 0 Å². The zero-order valence-corrected chi connectivity index (χ0v) is 16.0. The SMILES string of the molecule is Cc1nn(-c2ccccc2)c2c1C(c1ccccc1F)C1=C(CCS1(=O)=O)N2. The van der Waals surface area contributed by atoms with Crippen LogP contribution in [0.25, 0.3) is 5.69 Å². The van der Waals surface area contributed by atoms with Crippen LogP contribution in [0.2, 0.25) is 0 Å². The van der Waals surface area contributed by atoms with Crippen molar-refractivity contribution in [2.45, 2.75) is 19.3 Å². The van der Waals surface area contributed by atoms with Crippen molar-refractivity contribution in [3.8, 4) is 5.69 Å². The van der Waals surface area contributed by atoms with Gasteiger partial charge in [-0.2, -0.15) is 5.10 Å². The Bertz CT molecular complexity index is 1230. The molecule has 142 valence electrons. The van der Waals surface area contributed by atoms with Crippen LogP contribution in [0.5, 0.6) is 0 Å². The number of rotatable bonds is 2. The molecule has 2 aliphatic rings. The van der Waals surface area contributed by atoms with Crippen LogP contribution in [0.1, 0.15) is 29.2 Å². The smallest absolute Gasteiger partial charge is 0.177 e. The lowest BCUT2D eigenvalue weighted by Crippen LogP contribution is -2.21. The van der Waals surface area contributed by atoms with Crippen molar-refractivity contribution >= 4 is 15.7 Å². The maximum Gasteiger partial charge on any atom is 0.177 e. The Morgan fingerprint density at radius 3 is 2.57 bits per heavy atom. The topological polar surface area (TPSA) is 64.0 Å². The highest BCUT2D eigenvalue weighted by Crippen LogP contribution is 2.49. The second-order valence-corrected chi connectivity index (χ2v) is 9.16. The lowest BCUT2D eigenvalue weighted by Gasteiger charge is -2.27. The summed E-state index contributed by atoms with van der Waals surface area (Å²) in [6.45, 7) is 1.83. The van der Waals surface area contributed by atoms with Crippen LogP contribution in [-0.2, 0) is 9.84 Å². The Morgan fingerprint density at radius 2 is 1.82 bits per heavy atom. The second kappa shape index (κ2) is 6.04. The van der Waals surface area contributed by atoms with E-state index in [0.29, 0.717) is 34.8 Å². The molecule has 1 aromatic heterocycles. The molecular weight excluding hydrogens is 377 g/mol. The van der Waals surface area contributed by atoms with E-state index in [1.807, 2.05) is 37.3 Å². The molecule has 28 heavy (non-hydrogen) atoms. The summed E-state index contributed by atoms with van der Waals surface area (Å²) in [7, 11) is -3.46. The maximum absolute atomic E-state index is 14.8.